The fourth-order valence-corrected chi connectivity index (χ4v) is 3.24. The Bertz CT molecular complexity index is 128. The van der Waals surface area contributed by atoms with Crippen LogP contribution in [0.3, 0.4) is 0 Å². The molecule has 1 unspecified atom stereocenters. The van der Waals surface area contributed by atoms with Gasteiger partial charge in [0.2, 0.25) is 0 Å². The maximum atomic E-state index is 2.39. The molecule has 0 bridgehead atoms. The largest absolute Gasteiger partial charge is 0.0651 e. The molecule has 0 aromatic rings. The van der Waals surface area contributed by atoms with E-state index in [1.807, 2.05) is 0 Å². The first-order chi connectivity index (χ1) is 5.60. The summed E-state index contributed by atoms with van der Waals surface area (Å²) in [5.74, 6) is 1.62. The SMILES string of the molecule is CCC(C)C(C(C)(C)C)C(C)(C)C. The van der Waals surface area contributed by atoms with E-state index in [-0.39, 0.29) is 0 Å². The van der Waals surface area contributed by atoms with Crippen molar-refractivity contribution < 1.29 is 0 Å². The van der Waals surface area contributed by atoms with Crippen molar-refractivity contribution in [3.8, 4) is 0 Å². The van der Waals surface area contributed by atoms with Crippen molar-refractivity contribution in [2.24, 2.45) is 22.7 Å². The van der Waals surface area contributed by atoms with E-state index < -0.39 is 0 Å². The average Bonchev–Trinajstić information content (AvgIpc) is 1.80. The third-order valence-corrected chi connectivity index (χ3v) is 3.08. The summed E-state index contributed by atoms with van der Waals surface area (Å²) in [4.78, 5) is 0. The molecule has 0 nitrogen and oxygen atoms in total. The molecule has 0 aliphatic heterocycles. The third-order valence-electron chi connectivity index (χ3n) is 3.08. The first-order valence-corrected chi connectivity index (χ1v) is 5.60. The number of hydrogen-bond acceptors (Lipinski definition) is 0. The molecular weight excluding hydrogens is 156 g/mol. The fraction of sp³-hybridized carbons (Fsp3) is 1.00. The lowest BCUT2D eigenvalue weighted by atomic mass is 9.61. The van der Waals surface area contributed by atoms with Gasteiger partial charge in [0.15, 0.2) is 0 Å². The molecule has 0 aliphatic rings. The fourth-order valence-electron chi connectivity index (χ4n) is 3.24. The lowest BCUT2D eigenvalue weighted by molar-refractivity contribution is 0.0482. The van der Waals surface area contributed by atoms with Crippen LogP contribution in [0.4, 0.5) is 0 Å². The summed E-state index contributed by atoms with van der Waals surface area (Å²) in [6.07, 6.45) is 1.29. The standard InChI is InChI=1S/C13H28/c1-9-10(2)11(12(3,4)5)13(6,7)8/h10-11H,9H2,1-8H3. The van der Waals surface area contributed by atoms with Crippen LogP contribution in [0.25, 0.3) is 0 Å². The van der Waals surface area contributed by atoms with Crippen molar-refractivity contribution in [3.05, 3.63) is 0 Å². The number of rotatable bonds is 2. The Balaban J connectivity index is 4.78. The summed E-state index contributed by atoms with van der Waals surface area (Å²) in [5, 5.41) is 0. The van der Waals surface area contributed by atoms with Gasteiger partial charge in [-0.25, -0.2) is 0 Å². The summed E-state index contributed by atoms with van der Waals surface area (Å²) in [7, 11) is 0. The van der Waals surface area contributed by atoms with Crippen LogP contribution in [0.15, 0.2) is 0 Å². The minimum atomic E-state index is 0.424. The zero-order valence-electron chi connectivity index (χ0n) is 10.9. The first-order valence-electron chi connectivity index (χ1n) is 5.60. The molecule has 0 saturated heterocycles. The van der Waals surface area contributed by atoms with Crippen LogP contribution in [-0.4, -0.2) is 0 Å². The van der Waals surface area contributed by atoms with Crippen molar-refractivity contribution in [1.82, 2.24) is 0 Å². The molecule has 0 aromatic carbocycles. The molecule has 1 atom stereocenters. The van der Waals surface area contributed by atoms with E-state index in [2.05, 4.69) is 55.4 Å². The highest BCUT2D eigenvalue weighted by atomic mass is 14.4. The van der Waals surface area contributed by atoms with E-state index in [1.54, 1.807) is 0 Å². The summed E-state index contributed by atoms with van der Waals surface area (Å²) >= 11 is 0. The lowest BCUT2D eigenvalue weighted by Crippen LogP contribution is -2.37. The minimum Gasteiger partial charge on any atom is -0.0651 e. The van der Waals surface area contributed by atoms with E-state index in [9.17, 15) is 0 Å². The lowest BCUT2D eigenvalue weighted by Gasteiger charge is -2.44. The average molecular weight is 184 g/mol. The monoisotopic (exact) mass is 184 g/mol. The van der Waals surface area contributed by atoms with Crippen molar-refractivity contribution in [2.75, 3.05) is 0 Å². The van der Waals surface area contributed by atoms with Gasteiger partial charge in [0.1, 0.15) is 0 Å². The Labute approximate surface area is 85.1 Å². The van der Waals surface area contributed by atoms with Crippen molar-refractivity contribution in [2.45, 2.75) is 61.8 Å². The topological polar surface area (TPSA) is 0 Å². The molecule has 80 valence electrons. The summed E-state index contributed by atoms with van der Waals surface area (Å²) in [5.41, 5.74) is 0.849. The Hall–Kier alpha value is 0. The van der Waals surface area contributed by atoms with Crippen LogP contribution in [0.1, 0.15) is 61.8 Å². The maximum Gasteiger partial charge on any atom is -0.0291 e. The highest BCUT2D eigenvalue weighted by Gasteiger charge is 2.37. The van der Waals surface area contributed by atoms with Crippen LogP contribution in [0.2, 0.25) is 0 Å². The van der Waals surface area contributed by atoms with E-state index in [1.165, 1.54) is 6.42 Å². The van der Waals surface area contributed by atoms with Crippen molar-refractivity contribution >= 4 is 0 Å². The van der Waals surface area contributed by atoms with Crippen LogP contribution < -0.4 is 0 Å². The Morgan fingerprint density at radius 2 is 1.15 bits per heavy atom. The molecule has 0 rings (SSSR count). The van der Waals surface area contributed by atoms with Gasteiger partial charge in [0.05, 0.1) is 0 Å². The maximum absolute atomic E-state index is 2.39. The van der Waals surface area contributed by atoms with Gasteiger partial charge < -0.3 is 0 Å². The molecule has 0 aromatic heterocycles. The van der Waals surface area contributed by atoms with Crippen LogP contribution in [0, 0.1) is 22.7 Å². The third kappa shape index (κ3) is 3.70. The Kier molecular flexibility index (Phi) is 4.02. The van der Waals surface area contributed by atoms with Gasteiger partial charge in [-0.05, 0) is 22.7 Å². The highest BCUT2D eigenvalue weighted by Crippen LogP contribution is 2.45. The van der Waals surface area contributed by atoms with Crippen LogP contribution in [0.5, 0.6) is 0 Å². The molecule has 0 amide bonds. The highest BCUT2D eigenvalue weighted by molar-refractivity contribution is 4.86. The molecule has 0 heterocycles. The zero-order chi connectivity index (χ0) is 10.9. The summed E-state index contributed by atoms with van der Waals surface area (Å²) in [6.45, 7) is 18.9. The smallest absolute Gasteiger partial charge is 0.0291 e. The Morgan fingerprint density at radius 1 is 0.846 bits per heavy atom. The van der Waals surface area contributed by atoms with E-state index in [0.717, 1.165) is 11.8 Å². The number of hydrogen-bond donors (Lipinski definition) is 0. The molecule has 13 heavy (non-hydrogen) atoms. The van der Waals surface area contributed by atoms with E-state index >= 15 is 0 Å². The van der Waals surface area contributed by atoms with E-state index in [0.29, 0.717) is 10.8 Å². The molecule has 0 N–H and O–H groups in total. The predicted molar refractivity (Wildman–Crippen MR) is 61.9 cm³/mol. The van der Waals surface area contributed by atoms with Gasteiger partial charge in [-0.2, -0.15) is 0 Å². The zero-order valence-corrected chi connectivity index (χ0v) is 10.9. The van der Waals surface area contributed by atoms with Gasteiger partial charge in [-0.15, -0.1) is 0 Å². The Morgan fingerprint density at radius 3 is 1.23 bits per heavy atom. The molecule has 0 heteroatoms. The minimum absolute atomic E-state index is 0.424. The predicted octanol–water partition coefficient (Wildman–Crippen LogP) is 4.74. The normalized spacial score (nSPS) is 16.4. The first kappa shape index (κ1) is 13.0. The van der Waals surface area contributed by atoms with E-state index in [4.69, 9.17) is 0 Å². The molecule has 0 aliphatic carbocycles. The van der Waals surface area contributed by atoms with Gasteiger partial charge >= 0.3 is 0 Å². The summed E-state index contributed by atoms with van der Waals surface area (Å²) < 4.78 is 0. The van der Waals surface area contributed by atoms with Crippen molar-refractivity contribution in [1.29, 1.82) is 0 Å². The van der Waals surface area contributed by atoms with Gasteiger partial charge in [-0.1, -0.05) is 61.8 Å². The summed E-state index contributed by atoms with van der Waals surface area (Å²) in [6, 6.07) is 0. The second-order valence-electron chi connectivity index (χ2n) is 6.60. The molecule has 0 spiro atoms. The molecule has 0 radical (unpaired) electrons. The molecule has 0 fully saturated rings. The van der Waals surface area contributed by atoms with Gasteiger partial charge in [0, 0.05) is 0 Å². The second kappa shape index (κ2) is 4.02. The quantitative estimate of drug-likeness (QED) is 0.581. The van der Waals surface area contributed by atoms with Crippen LogP contribution >= 0.6 is 0 Å². The second-order valence-corrected chi connectivity index (χ2v) is 6.60. The van der Waals surface area contributed by atoms with Crippen LogP contribution in [-0.2, 0) is 0 Å². The molecular formula is C13H28. The van der Waals surface area contributed by atoms with Crippen molar-refractivity contribution in [3.63, 3.8) is 0 Å². The van der Waals surface area contributed by atoms with Gasteiger partial charge in [0.25, 0.3) is 0 Å². The molecule has 0 saturated carbocycles. The van der Waals surface area contributed by atoms with Gasteiger partial charge in [-0.3, -0.25) is 0 Å².